The summed E-state index contributed by atoms with van der Waals surface area (Å²) < 4.78 is 6.84. The Morgan fingerprint density at radius 3 is 2.75 bits per heavy atom. The monoisotopic (exact) mass is 527 g/mol. The Balaban J connectivity index is 1.37. The normalized spacial score (nSPS) is 17.3. The summed E-state index contributed by atoms with van der Waals surface area (Å²) in [5, 5.41) is 20.4. The number of fused-ring (bicyclic) bond motifs is 1. The van der Waals surface area contributed by atoms with Crippen molar-refractivity contribution in [2.24, 2.45) is 0 Å². The zero-order valence-electron chi connectivity index (χ0n) is 19.4. The molecule has 0 saturated heterocycles. The Bertz CT molecular complexity index is 1440. The summed E-state index contributed by atoms with van der Waals surface area (Å²) in [6, 6.07) is 3.12. The fraction of sp³-hybridized carbons (Fsp3) is 0.304. The highest BCUT2D eigenvalue weighted by atomic mass is 35.5. The fourth-order valence-corrected chi connectivity index (χ4v) is 5.06. The molecule has 13 heteroatoms. The quantitative estimate of drug-likeness (QED) is 0.324. The van der Waals surface area contributed by atoms with Gasteiger partial charge in [-0.1, -0.05) is 22.9 Å². The van der Waals surface area contributed by atoms with Crippen LogP contribution >= 0.6 is 22.9 Å². The minimum atomic E-state index is -0.540. The largest absolute Gasteiger partial charge is 0.494 e. The number of rotatable bonds is 6. The third-order valence-corrected chi connectivity index (χ3v) is 6.97. The van der Waals surface area contributed by atoms with Gasteiger partial charge in [-0.05, 0) is 38.3 Å². The summed E-state index contributed by atoms with van der Waals surface area (Å²) in [6.07, 6.45) is 6.19. The first-order valence-electron chi connectivity index (χ1n) is 11.2. The number of hydrogen-bond acceptors (Lipinski definition) is 9. The van der Waals surface area contributed by atoms with Crippen molar-refractivity contribution >= 4 is 44.8 Å². The van der Waals surface area contributed by atoms with E-state index in [1.54, 1.807) is 12.1 Å². The molecule has 36 heavy (non-hydrogen) atoms. The Labute approximate surface area is 214 Å². The van der Waals surface area contributed by atoms with Crippen LogP contribution in [0.15, 0.2) is 30.7 Å². The molecule has 0 spiro atoms. The summed E-state index contributed by atoms with van der Waals surface area (Å²) in [6.45, 7) is 1.82. The number of carbonyl (C=O) groups excluding carboxylic acids is 2. The molecule has 0 radical (unpaired) electrons. The van der Waals surface area contributed by atoms with Crippen molar-refractivity contribution in [3.63, 3.8) is 0 Å². The molecule has 1 saturated carbocycles. The molecule has 5 rings (SSSR count). The number of aliphatic hydroxyl groups excluding tert-OH is 1. The molecule has 0 aliphatic heterocycles. The summed E-state index contributed by atoms with van der Waals surface area (Å²) in [4.78, 5) is 38.8. The number of aryl methyl sites for hydroxylation is 1. The average molecular weight is 528 g/mol. The average Bonchev–Trinajstić information content (AvgIpc) is 3.54. The topological polar surface area (TPSA) is 144 Å². The minimum Gasteiger partial charge on any atom is -0.494 e. The zero-order chi connectivity index (χ0) is 25.4. The predicted molar refractivity (Wildman–Crippen MR) is 134 cm³/mol. The predicted octanol–water partition coefficient (Wildman–Crippen LogP) is 3.11. The third kappa shape index (κ3) is 4.74. The van der Waals surface area contributed by atoms with Gasteiger partial charge in [0.15, 0.2) is 0 Å². The smallest absolute Gasteiger partial charge is 0.271 e. The van der Waals surface area contributed by atoms with E-state index < -0.39 is 12.0 Å². The van der Waals surface area contributed by atoms with Gasteiger partial charge in [-0.25, -0.2) is 14.5 Å². The molecule has 1 aliphatic carbocycles. The molecule has 1 fully saturated rings. The van der Waals surface area contributed by atoms with E-state index in [1.165, 1.54) is 30.2 Å². The van der Waals surface area contributed by atoms with E-state index in [0.717, 1.165) is 24.2 Å². The van der Waals surface area contributed by atoms with Crippen LogP contribution in [0.5, 0.6) is 5.75 Å². The number of nitrogens with zero attached hydrogens (tertiary/aromatic N) is 5. The van der Waals surface area contributed by atoms with E-state index in [1.807, 2.05) is 6.92 Å². The van der Waals surface area contributed by atoms with Crippen molar-refractivity contribution in [1.29, 1.82) is 0 Å². The molecule has 4 aromatic rings. The number of imidazole rings is 1. The summed E-state index contributed by atoms with van der Waals surface area (Å²) in [5.41, 5.74) is 2.38. The molecule has 4 heterocycles. The van der Waals surface area contributed by atoms with Crippen molar-refractivity contribution in [1.82, 2.24) is 29.9 Å². The van der Waals surface area contributed by atoms with Gasteiger partial charge < -0.3 is 15.2 Å². The second-order valence-corrected chi connectivity index (χ2v) is 9.71. The first kappa shape index (κ1) is 24.1. The molecular formula is C23H22ClN7O4S. The van der Waals surface area contributed by atoms with Crippen LogP contribution in [0.1, 0.15) is 45.8 Å². The number of methoxy groups -OCH3 is 1. The molecule has 2 amide bonds. The number of aliphatic hydroxyl groups is 1. The number of hydrogen-bond donors (Lipinski definition) is 3. The Hall–Kier alpha value is -3.61. The van der Waals surface area contributed by atoms with E-state index in [2.05, 4.69) is 30.7 Å². The second-order valence-electron chi connectivity index (χ2n) is 8.37. The van der Waals surface area contributed by atoms with Gasteiger partial charge in [-0.2, -0.15) is 0 Å². The number of carbonyl (C=O) groups is 2. The molecule has 11 nitrogen and oxygen atoms in total. The van der Waals surface area contributed by atoms with Crippen LogP contribution in [-0.2, 0) is 0 Å². The third-order valence-electron chi connectivity index (χ3n) is 5.92. The van der Waals surface area contributed by atoms with Crippen LogP contribution in [0.25, 0.3) is 16.1 Å². The Kier molecular flexibility index (Phi) is 6.56. The van der Waals surface area contributed by atoms with Crippen LogP contribution in [0, 0.1) is 6.92 Å². The van der Waals surface area contributed by atoms with Crippen LogP contribution in [-0.4, -0.2) is 60.7 Å². The lowest BCUT2D eigenvalue weighted by molar-refractivity contribution is 0.0868. The number of pyridine rings is 2. The molecule has 0 aromatic carbocycles. The van der Waals surface area contributed by atoms with Gasteiger partial charge in [0.05, 0.1) is 37.2 Å². The molecule has 4 aromatic heterocycles. The number of nitrogens with one attached hydrogen (secondary N) is 2. The molecular weight excluding hydrogens is 506 g/mol. The molecule has 3 N–H and O–H groups in total. The van der Waals surface area contributed by atoms with Crippen molar-refractivity contribution < 1.29 is 19.4 Å². The molecule has 1 aliphatic rings. The molecule has 186 valence electrons. The molecule has 0 bridgehead atoms. The van der Waals surface area contributed by atoms with Gasteiger partial charge in [-0.15, -0.1) is 5.10 Å². The van der Waals surface area contributed by atoms with Crippen molar-refractivity contribution in [2.45, 2.75) is 38.3 Å². The number of halogens is 1. The number of anilines is 1. The zero-order valence-corrected chi connectivity index (χ0v) is 20.9. The first-order chi connectivity index (χ1) is 17.3. The van der Waals surface area contributed by atoms with E-state index in [-0.39, 0.29) is 22.8 Å². The fourth-order valence-electron chi connectivity index (χ4n) is 4.13. The lowest BCUT2D eigenvalue weighted by atomic mass is 10.0. The van der Waals surface area contributed by atoms with E-state index in [0.29, 0.717) is 44.6 Å². The highest BCUT2D eigenvalue weighted by Crippen LogP contribution is 2.34. The van der Waals surface area contributed by atoms with Gasteiger partial charge in [0.1, 0.15) is 16.6 Å². The highest BCUT2D eigenvalue weighted by Gasteiger charge is 2.28. The van der Waals surface area contributed by atoms with Crippen LogP contribution in [0.4, 0.5) is 5.13 Å². The Morgan fingerprint density at radius 2 is 2.03 bits per heavy atom. The van der Waals surface area contributed by atoms with Gasteiger partial charge >= 0.3 is 0 Å². The van der Waals surface area contributed by atoms with Crippen LogP contribution in [0.2, 0.25) is 5.15 Å². The van der Waals surface area contributed by atoms with Gasteiger partial charge in [0.2, 0.25) is 10.1 Å². The maximum atomic E-state index is 13.2. The van der Waals surface area contributed by atoms with Crippen LogP contribution < -0.4 is 15.4 Å². The summed E-state index contributed by atoms with van der Waals surface area (Å²) in [5.74, 6) is -0.343. The standard InChI is InChI=1S/C23H22ClN7O4S/c1-11-6-12(13-7-19(24)26-9-18(13)35-2)14(8-25-11)20(33)29-22-30-31-10-16(28-23(31)36-22)21(34)27-15-4-3-5-17(15)32/h6-10,15,17,32H,3-5H2,1-2H3,(H,27,34)(H,29,30,33)/t15-,17+/m0/s1. The van der Waals surface area contributed by atoms with Crippen molar-refractivity contribution in [3.05, 3.63) is 52.8 Å². The maximum absolute atomic E-state index is 13.2. The number of aromatic nitrogens is 5. The Morgan fingerprint density at radius 1 is 1.19 bits per heavy atom. The van der Waals surface area contributed by atoms with Crippen molar-refractivity contribution in [3.8, 4) is 16.9 Å². The molecule has 2 atom stereocenters. The maximum Gasteiger partial charge on any atom is 0.271 e. The number of amides is 2. The SMILES string of the molecule is COc1cnc(Cl)cc1-c1cc(C)ncc1C(=O)Nc1nn2cc(C(=O)N[C@H]3CCC[C@H]3O)nc2s1. The molecule has 0 unspecified atom stereocenters. The van der Waals surface area contributed by atoms with E-state index >= 15 is 0 Å². The summed E-state index contributed by atoms with van der Waals surface area (Å²) in [7, 11) is 1.51. The first-order valence-corrected chi connectivity index (χ1v) is 12.3. The van der Waals surface area contributed by atoms with Crippen molar-refractivity contribution in [2.75, 3.05) is 12.4 Å². The van der Waals surface area contributed by atoms with Crippen LogP contribution in [0.3, 0.4) is 0 Å². The summed E-state index contributed by atoms with van der Waals surface area (Å²) >= 11 is 7.23. The van der Waals surface area contributed by atoms with Gasteiger partial charge in [0, 0.05) is 23.0 Å². The van der Waals surface area contributed by atoms with E-state index in [4.69, 9.17) is 16.3 Å². The minimum absolute atomic E-state index is 0.192. The highest BCUT2D eigenvalue weighted by molar-refractivity contribution is 7.20. The number of ether oxygens (including phenoxy) is 1. The van der Waals surface area contributed by atoms with Gasteiger partial charge in [-0.3, -0.25) is 19.9 Å². The van der Waals surface area contributed by atoms with Gasteiger partial charge in [0.25, 0.3) is 11.8 Å². The van der Waals surface area contributed by atoms with E-state index in [9.17, 15) is 14.7 Å². The lowest BCUT2D eigenvalue weighted by Gasteiger charge is -2.15. The lowest BCUT2D eigenvalue weighted by Crippen LogP contribution is -2.39. The second kappa shape index (κ2) is 9.80.